The van der Waals surface area contributed by atoms with Crippen LogP contribution in [-0.4, -0.2) is 40.9 Å². The van der Waals surface area contributed by atoms with Gasteiger partial charge in [0.25, 0.3) is 0 Å². The van der Waals surface area contributed by atoms with Gasteiger partial charge in [-0.2, -0.15) is 0 Å². The second-order valence-corrected chi connectivity index (χ2v) is 5.18. The van der Waals surface area contributed by atoms with E-state index in [1.165, 1.54) is 0 Å². The van der Waals surface area contributed by atoms with Crippen molar-refractivity contribution >= 4 is 0 Å². The molecule has 21 heavy (non-hydrogen) atoms. The molecule has 0 spiro atoms. The number of aromatic nitrogens is 2. The number of pyridine rings is 2. The SMILES string of the molecule is OCCc1ccnc(-c2cncc(OCC3CCN3)c2)c1. The minimum absolute atomic E-state index is 0.138. The van der Waals surface area contributed by atoms with Gasteiger partial charge in [-0.3, -0.25) is 9.97 Å². The highest BCUT2D eigenvalue weighted by molar-refractivity contribution is 5.60. The number of nitrogens with one attached hydrogen (secondary N) is 1. The van der Waals surface area contributed by atoms with E-state index in [-0.39, 0.29) is 6.61 Å². The molecule has 0 bridgehead atoms. The predicted octanol–water partition coefficient (Wildman–Crippen LogP) is 1.42. The first-order valence-corrected chi connectivity index (χ1v) is 7.22. The van der Waals surface area contributed by atoms with E-state index in [0.29, 0.717) is 19.1 Å². The van der Waals surface area contributed by atoms with Gasteiger partial charge in [-0.25, -0.2) is 0 Å². The molecule has 2 N–H and O–H groups in total. The second kappa shape index (κ2) is 6.65. The van der Waals surface area contributed by atoms with E-state index in [0.717, 1.165) is 35.5 Å². The van der Waals surface area contributed by atoms with E-state index in [2.05, 4.69) is 15.3 Å². The Morgan fingerprint density at radius 1 is 1.33 bits per heavy atom. The van der Waals surface area contributed by atoms with Gasteiger partial charge in [0.15, 0.2) is 0 Å². The Kier molecular flexibility index (Phi) is 4.43. The third-order valence-corrected chi connectivity index (χ3v) is 3.61. The van der Waals surface area contributed by atoms with Gasteiger partial charge >= 0.3 is 0 Å². The van der Waals surface area contributed by atoms with Crippen molar-refractivity contribution in [1.82, 2.24) is 15.3 Å². The summed E-state index contributed by atoms with van der Waals surface area (Å²) < 4.78 is 5.76. The Labute approximate surface area is 124 Å². The van der Waals surface area contributed by atoms with Gasteiger partial charge in [-0.05, 0) is 43.1 Å². The fourth-order valence-electron chi connectivity index (χ4n) is 2.24. The summed E-state index contributed by atoms with van der Waals surface area (Å²) >= 11 is 0. The molecule has 1 atom stereocenters. The molecule has 3 heterocycles. The summed E-state index contributed by atoms with van der Waals surface area (Å²) in [5, 5.41) is 12.3. The van der Waals surface area contributed by atoms with Crippen LogP contribution in [0, 0.1) is 0 Å². The van der Waals surface area contributed by atoms with E-state index < -0.39 is 0 Å². The highest BCUT2D eigenvalue weighted by Crippen LogP contribution is 2.22. The number of hydrogen-bond donors (Lipinski definition) is 2. The monoisotopic (exact) mass is 285 g/mol. The number of ether oxygens (including phenoxy) is 1. The zero-order chi connectivity index (χ0) is 14.5. The molecule has 0 aromatic carbocycles. The van der Waals surface area contributed by atoms with Crippen LogP contribution in [-0.2, 0) is 6.42 Å². The van der Waals surface area contributed by atoms with Gasteiger partial charge < -0.3 is 15.2 Å². The minimum Gasteiger partial charge on any atom is -0.490 e. The molecule has 1 aliphatic heterocycles. The first kappa shape index (κ1) is 14.0. The van der Waals surface area contributed by atoms with Crippen molar-refractivity contribution in [2.45, 2.75) is 18.9 Å². The Bertz CT molecular complexity index is 600. The van der Waals surface area contributed by atoms with Crippen molar-refractivity contribution in [2.24, 2.45) is 0 Å². The molecule has 2 aromatic rings. The average Bonchev–Trinajstić information content (AvgIpc) is 2.47. The third-order valence-electron chi connectivity index (χ3n) is 3.61. The predicted molar refractivity (Wildman–Crippen MR) is 80.2 cm³/mol. The molecule has 0 radical (unpaired) electrons. The summed E-state index contributed by atoms with van der Waals surface area (Å²) in [7, 11) is 0. The molecule has 1 fully saturated rings. The first-order chi connectivity index (χ1) is 10.3. The zero-order valence-corrected chi connectivity index (χ0v) is 11.8. The molecule has 0 aliphatic carbocycles. The molecule has 5 heteroatoms. The van der Waals surface area contributed by atoms with E-state index in [4.69, 9.17) is 9.84 Å². The quantitative estimate of drug-likeness (QED) is 0.840. The summed E-state index contributed by atoms with van der Waals surface area (Å²) in [6.07, 6.45) is 7.05. The largest absolute Gasteiger partial charge is 0.490 e. The van der Waals surface area contributed by atoms with Crippen molar-refractivity contribution in [3.8, 4) is 17.0 Å². The zero-order valence-electron chi connectivity index (χ0n) is 11.8. The lowest BCUT2D eigenvalue weighted by Gasteiger charge is -2.27. The molecule has 0 saturated carbocycles. The molecule has 2 aromatic heterocycles. The van der Waals surface area contributed by atoms with E-state index >= 15 is 0 Å². The highest BCUT2D eigenvalue weighted by Gasteiger charge is 2.16. The number of aliphatic hydroxyl groups is 1. The molecular weight excluding hydrogens is 266 g/mol. The summed E-state index contributed by atoms with van der Waals surface area (Å²) in [5.74, 6) is 0.760. The number of hydrogen-bond acceptors (Lipinski definition) is 5. The van der Waals surface area contributed by atoms with Crippen LogP contribution in [0.4, 0.5) is 0 Å². The van der Waals surface area contributed by atoms with Crippen LogP contribution >= 0.6 is 0 Å². The van der Waals surface area contributed by atoms with Crippen LogP contribution in [0.5, 0.6) is 5.75 Å². The van der Waals surface area contributed by atoms with E-state index in [1.54, 1.807) is 18.6 Å². The lowest BCUT2D eigenvalue weighted by molar-refractivity contribution is 0.217. The summed E-state index contributed by atoms with van der Waals surface area (Å²) in [4.78, 5) is 8.59. The van der Waals surface area contributed by atoms with Gasteiger partial charge in [0.1, 0.15) is 12.4 Å². The Morgan fingerprint density at radius 2 is 2.24 bits per heavy atom. The number of aliphatic hydroxyl groups excluding tert-OH is 1. The fraction of sp³-hybridized carbons (Fsp3) is 0.375. The minimum atomic E-state index is 0.138. The molecule has 1 unspecified atom stereocenters. The summed E-state index contributed by atoms with van der Waals surface area (Å²) in [5.41, 5.74) is 2.84. The average molecular weight is 285 g/mol. The highest BCUT2D eigenvalue weighted by atomic mass is 16.5. The van der Waals surface area contributed by atoms with Crippen LogP contribution in [0.2, 0.25) is 0 Å². The van der Waals surface area contributed by atoms with Gasteiger partial charge in [0.05, 0.1) is 11.9 Å². The lowest BCUT2D eigenvalue weighted by Crippen LogP contribution is -2.46. The van der Waals surface area contributed by atoms with Crippen LogP contribution in [0.15, 0.2) is 36.8 Å². The van der Waals surface area contributed by atoms with E-state index in [1.807, 2.05) is 18.2 Å². The van der Waals surface area contributed by atoms with Gasteiger partial charge in [-0.1, -0.05) is 0 Å². The first-order valence-electron chi connectivity index (χ1n) is 7.22. The molecule has 5 nitrogen and oxygen atoms in total. The molecular formula is C16H19N3O2. The van der Waals surface area contributed by atoms with Crippen molar-refractivity contribution in [1.29, 1.82) is 0 Å². The van der Waals surface area contributed by atoms with E-state index in [9.17, 15) is 0 Å². The number of nitrogens with zero attached hydrogens (tertiary/aromatic N) is 2. The van der Waals surface area contributed by atoms with Crippen LogP contribution in [0.3, 0.4) is 0 Å². The van der Waals surface area contributed by atoms with Crippen LogP contribution < -0.4 is 10.1 Å². The molecule has 3 rings (SSSR count). The van der Waals surface area contributed by atoms with Crippen molar-refractivity contribution in [2.75, 3.05) is 19.8 Å². The Morgan fingerprint density at radius 3 is 3.00 bits per heavy atom. The van der Waals surface area contributed by atoms with Crippen molar-refractivity contribution < 1.29 is 9.84 Å². The topological polar surface area (TPSA) is 67.3 Å². The standard InChI is InChI=1S/C16H19N3O2/c20-6-3-12-1-4-19-16(7-12)13-8-15(10-17-9-13)21-11-14-2-5-18-14/h1,4,7-10,14,18,20H,2-3,5-6,11H2. The summed E-state index contributed by atoms with van der Waals surface area (Å²) in [6, 6.07) is 6.30. The Hall–Kier alpha value is -1.98. The molecule has 1 saturated heterocycles. The maximum atomic E-state index is 9.02. The maximum Gasteiger partial charge on any atom is 0.138 e. The molecule has 110 valence electrons. The second-order valence-electron chi connectivity index (χ2n) is 5.18. The van der Waals surface area contributed by atoms with Crippen molar-refractivity contribution in [3.63, 3.8) is 0 Å². The summed E-state index contributed by atoms with van der Waals surface area (Å²) in [6.45, 7) is 1.89. The molecule has 1 aliphatic rings. The normalized spacial score (nSPS) is 17.3. The smallest absolute Gasteiger partial charge is 0.138 e. The van der Waals surface area contributed by atoms with Crippen LogP contribution in [0.25, 0.3) is 11.3 Å². The lowest BCUT2D eigenvalue weighted by atomic mass is 10.1. The third kappa shape index (κ3) is 3.56. The van der Waals surface area contributed by atoms with Gasteiger partial charge in [-0.15, -0.1) is 0 Å². The van der Waals surface area contributed by atoms with Gasteiger partial charge in [0, 0.05) is 30.6 Å². The van der Waals surface area contributed by atoms with Crippen molar-refractivity contribution in [3.05, 3.63) is 42.4 Å². The Balaban J connectivity index is 1.73. The maximum absolute atomic E-state index is 9.02. The number of rotatable bonds is 6. The molecule has 0 amide bonds. The van der Waals surface area contributed by atoms with Gasteiger partial charge in [0.2, 0.25) is 0 Å². The van der Waals surface area contributed by atoms with Crippen LogP contribution in [0.1, 0.15) is 12.0 Å². The fourth-order valence-corrected chi connectivity index (χ4v) is 2.24.